The van der Waals surface area contributed by atoms with E-state index in [-0.39, 0.29) is 13.8 Å². The van der Waals surface area contributed by atoms with Gasteiger partial charge in [-0.2, -0.15) is 0 Å². The molecule has 0 aliphatic carbocycles. The molecule has 1 aromatic carbocycles. The third kappa shape index (κ3) is 4.85. The van der Waals surface area contributed by atoms with E-state index in [4.69, 9.17) is 0 Å². The second-order valence-corrected chi connectivity index (χ2v) is 6.83. The van der Waals surface area contributed by atoms with E-state index in [0.717, 1.165) is 19.3 Å². The van der Waals surface area contributed by atoms with Crippen molar-refractivity contribution in [3.8, 4) is 0 Å². The van der Waals surface area contributed by atoms with E-state index in [1.807, 2.05) is 18.2 Å². The molecule has 0 bridgehead atoms. The van der Waals surface area contributed by atoms with Gasteiger partial charge in [-0.15, -0.1) is 0 Å². The van der Waals surface area contributed by atoms with Gasteiger partial charge in [-0.05, 0) is 0 Å². The molecule has 0 spiro atoms. The fraction of sp³-hybridized carbons (Fsp3) is 0.364. The van der Waals surface area contributed by atoms with E-state index in [1.165, 1.54) is 14.6 Å². The van der Waals surface area contributed by atoms with Gasteiger partial charge in [-0.1, -0.05) is 0 Å². The van der Waals surface area contributed by atoms with Crippen LogP contribution in [0.4, 0.5) is 0 Å². The number of hydrogen-bond donors (Lipinski definition) is 0. The molecule has 14 heavy (non-hydrogen) atoms. The fourth-order valence-electron chi connectivity index (χ4n) is 0.933. The average Bonchev–Trinajstić information content (AvgIpc) is 2.25. The van der Waals surface area contributed by atoms with Crippen molar-refractivity contribution in [2.24, 2.45) is 0 Å². The van der Waals surface area contributed by atoms with Gasteiger partial charge in [0.15, 0.2) is 0 Å². The Balaban J connectivity index is 2.24. The van der Waals surface area contributed by atoms with Crippen LogP contribution in [0.1, 0.15) is 26.2 Å². The Morgan fingerprint density at radius 3 is 2.71 bits per heavy atom. The molecule has 1 aromatic rings. The molecule has 0 saturated heterocycles. The minimum atomic E-state index is 0.256. The molecular formula is C11H14OSSe. The zero-order valence-electron chi connectivity index (χ0n) is 8.23. The molecule has 3 heteroatoms. The third-order valence-electron chi connectivity index (χ3n) is 1.71. The van der Waals surface area contributed by atoms with Crippen molar-refractivity contribution >= 4 is 33.6 Å². The molecule has 0 aliphatic rings. The molecule has 0 aliphatic heterocycles. The van der Waals surface area contributed by atoms with Crippen molar-refractivity contribution < 1.29 is 4.79 Å². The van der Waals surface area contributed by atoms with Crippen LogP contribution in [0.15, 0.2) is 30.3 Å². The Morgan fingerprint density at radius 1 is 1.36 bits per heavy atom. The van der Waals surface area contributed by atoms with Crippen LogP contribution in [-0.2, 0) is 4.79 Å². The molecule has 0 aromatic heterocycles. The Labute approximate surface area is 94.9 Å². The van der Waals surface area contributed by atoms with E-state index in [0.29, 0.717) is 5.12 Å². The first kappa shape index (κ1) is 11.8. The summed E-state index contributed by atoms with van der Waals surface area (Å²) in [6.45, 7) is 2.11. The quantitative estimate of drug-likeness (QED) is 0.766. The van der Waals surface area contributed by atoms with Gasteiger partial charge in [0.1, 0.15) is 0 Å². The van der Waals surface area contributed by atoms with Gasteiger partial charge in [0.25, 0.3) is 0 Å². The fourth-order valence-corrected chi connectivity index (χ4v) is 4.21. The first-order valence-electron chi connectivity index (χ1n) is 4.75. The summed E-state index contributed by atoms with van der Waals surface area (Å²) >= 11 is 0.256. The predicted molar refractivity (Wildman–Crippen MR) is 64.0 cm³/mol. The van der Waals surface area contributed by atoms with Crippen LogP contribution < -0.4 is 4.46 Å². The van der Waals surface area contributed by atoms with E-state index in [2.05, 4.69) is 19.1 Å². The molecule has 0 fully saturated rings. The van der Waals surface area contributed by atoms with Crippen molar-refractivity contribution in [2.75, 3.05) is 0 Å². The summed E-state index contributed by atoms with van der Waals surface area (Å²) in [5.74, 6) is 0. The molecule has 0 amide bonds. The normalized spacial score (nSPS) is 10.1. The standard InChI is InChI=1S/C11H14OSSe/c1-2-3-9-11(12)13-14-10-7-5-4-6-8-10/h4-8H,2-3,9H2,1H3. The van der Waals surface area contributed by atoms with Gasteiger partial charge < -0.3 is 0 Å². The maximum absolute atomic E-state index is 11.4. The minimum absolute atomic E-state index is 0.256. The van der Waals surface area contributed by atoms with Crippen LogP contribution in [0.2, 0.25) is 0 Å². The summed E-state index contributed by atoms with van der Waals surface area (Å²) in [4.78, 5) is 11.4. The second-order valence-electron chi connectivity index (χ2n) is 2.96. The van der Waals surface area contributed by atoms with Gasteiger partial charge in [0.2, 0.25) is 0 Å². The summed E-state index contributed by atoms with van der Waals surface area (Å²) in [6.07, 6.45) is 2.86. The Hall–Kier alpha value is -0.241. The first-order valence-corrected chi connectivity index (χ1v) is 8.45. The van der Waals surface area contributed by atoms with E-state index < -0.39 is 0 Å². The summed E-state index contributed by atoms with van der Waals surface area (Å²) in [5.41, 5.74) is 0. The maximum atomic E-state index is 11.4. The number of benzene rings is 1. The average molecular weight is 273 g/mol. The van der Waals surface area contributed by atoms with E-state index in [9.17, 15) is 4.79 Å². The van der Waals surface area contributed by atoms with Crippen molar-refractivity contribution in [2.45, 2.75) is 26.2 Å². The van der Waals surface area contributed by atoms with Crippen LogP contribution in [0.25, 0.3) is 0 Å². The number of carbonyl (C=O) groups excluding carboxylic acids is 1. The first-order chi connectivity index (χ1) is 6.83. The molecule has 0 saturated carbocycles. The van der Waals surface area contributed by atoms with Gasteiger partial charge in [0.05, 0.1) is 0 Å². The predicted octanol–water partition coefficient (Wildman–Crippen LogP) is 2.38. The molecule has 1 nitrogen and oxygen atoms in total. The topological polar surface area (TPSA) is 17.1 Å². The van der Waals surface area contributed by atoms with Crippen LogP contribution in [-0.4, -0.2) is 19.0 Å². The van der Waals surface area contributed by atoms with Crippen molar-refractivity contribution in [3.63, 3.8) is 0 Å². The number of rotatable bonds is 5. The summed E-state index contributed by atoms with van der Waals surface area (Å²) in [6, 6.07) is 10.2. The molecule has 0 atom stereocenters. The number of carbonyl (C=O) groups is 1. The third-order valence-corrected chi connectivity index (χ3v) is 5.85. The summed E-state index contributed by atoms with van der Waals surface area (Å²) in [7, 11) is 1.49. The van der Waals surface area contributed by atoms with Gasteiger partial charge in [-0.3, -0.25) is 0 Å². The number of hydrogen-bond acceptors (Lipinski definition) is 2. The molecule has 0 unspecified atom stereocenters. The number of unbranched alkanes of at least 4 members (excludes halogenated alkanes) is 1. The summed E-state index contributed by atoms with van der Waals surface area (Å²) in [5, 5.41) is 0.343. The second kappa shape index (κ2) is 7.10. The SMILES string of the molecule is CCCCC(=O)S[Se]c1ccccc1. The Bertz CT molecular complexity index is 274. The van der Waals surface area contributed by atoms with Crippen molar-refractivity contribution in [1.82, 2.24) is 0 Å². The molecule has 0 heterocycles. The zero-order valence-corrected chi connectivity index (χ0v) is 10.8. The Morgan fingerprint density at radius 2 is 2.07 bits per heavy atom. The van der Waals surface area contributed by atoms with Crippen LogP contribution >= 0.6 is 10.2 Å². The molecule has 0 radical (unpaired) electrons. The molecule has 76 valence electrons. The van der Waals surface area contributed by atoms with Gasteiger partial charge >= 0.3 is 94.9 Å². The molecule has 1 rings (SSSR count). The Kier molecular flexibility index (Phi) is 6.00. The van der Waals surface area contributed by atoms with Gasteiger partial charge in [-0.25, -0.2) is 0 Å². The van der Waals surface area contributed by atoms with E-state index in [1.54, 1.807) is 0 Å². The summed E-state index contributed by atoms with van der Waals surface area (Å²) < 4.78 is 1.29. The van der Waals surface area contributed by atoms with Crippen molar-refractivity contribution in [3.05, 3.63) is 30.3 Å². The molecular weight excluding hydrogens is 259 g/mol. The zero-order chi connectivity index (χ0) is 10.2. The molecule has 0 N–H and O–H groups in total. The van der Waals surface area contributed by atoms with Crippen molar-refractivity contribution in [1.29, 1.82) is 0 Å². The van der Waals surface area contributed by atoms with Crippen LogP contribution in [0.5, 0.6) is 0 Å². The van der Waals surface area contributed by atoms with Gasteiger partial charge in [0, 0.05) is 0 Å². The van der Waals surface area contributed by atoms with Crippen LogP contribution in [0.3, 0.4) is 0 Å². The van der Waals surface area contributed by atoms with Crippen LogP contribution in [0, 0.1) is 0 Å². The monoisotopic (exact) mass is 274 g/mol. The van der Waals surface area contributed by atoms with E-state index >= 15 is 0 Å².